The van der Waals surface area contributed by atoms with Crippen molar-refractivity contribution >= 4 is 42.9 Å². The van der Waals surface area contributed by atoms with Gasteiger partial charge in [-0.05, 0) is 35.7 Å². The summed E-state index contributed by atoms with van der Waals surface area (Å²) in [5.74, 6) is -0.684. The third kappa shape index (κ3) is 4.70. The Morgan fingerprint density at radius 3 is 1.90 bits per heavy atom. The molecule has 0 aliphatic heterocycles. The summed E-state index contributed by atoms with van der Waals surface area (Å²) in [7, 11) is -9.37. The lowest BCUT2D eigenvalue weighted by atomic mass is 10.1. The van der Waals surface area contributed by atoms with E-state index in [-0.39, 0.29) is 27.7 Å². The highest BCUT2D eigenvalue weighted by Gasteiger charge is 2.19. The molecule has 0 aliphatic carbocycles. The molecule has 3 aromatic rings. The zero-order chi connectivity index (χ0) is 20.7. The van der Waals surface area contributed by atoms with Crippen molar-refractivity contribution < 1.29 is 41.6 Å². The summed E-state index contributed by atoms with van der Waals surface area (Å²) < 4.78 is 64.4. The molecule has 0 bridgehead atoms. The molecule has 12 heteroatoms. The van der Waals surface area contributed by atoms with Crippen molar-refractivity contribution in [3.05, 3.63) is 54.1 Å². The van der Waals surface area contributed by atoms with Gasteiger partial charge in [0.1, 0.15) is 11.5 Å². The second-order valence-corrected chi connectivity index (χ2v) is 8.59. The molecule has 3 rings (SSSR count). The molecule has 3 aromatic carbocycles. The van der Waals surface area contributed by atoms with E-state index in [9.17, 15) is 36.2 Å². The number of phenolic OH excluding ortho intramolecular Hbond substituents is 2. The lowest BCUT2D eigenvalue weighted by Crippen LogP contribution is -2.00. The minimum atomic E-state index is -4.69. The van der Waals surface area contributed by atoms with Crippen LogP contribution in [0.4, 0.5) is 5.69 Å². The normalized spacial score (nSPS) is 12.2. The molecular weight excluding hydrogens is 426 g/mol. The van der Waals surface area contributed by atoms with Gasteiger partial charge in [-0.2, -0.15) is 16.8 Å². The molecule has 0 spiro atoms. The fraction of sp³-hybridized carbons (Fsp3) is 0. The van der Waals surface area contributed by atoms with Crippen LogP contribution in [0.25, 0.3) is 10.8 Å². The maximum atomic E-state index is 11.6. The Bertz CT molecular complexity index is 1330. The molecule has 0 saturated heterocycles. The van der Waals surface area contributed by atoms with Crippen LogP contribution >= 0.6 is 0 Å². The molecule has 6 N–H and O–H groups in total. The van der Waals surface area contributed by atoms with Crippen LogP contribution in [0.5, 0.6) is 11.5 Å². The summed E-state index contributed by atoms with van der Waals surface area (Å²) in [6.07, 6.45) is 1.20. The monoisotopic (exact) mass is 441 g/mol. The zero-order valence-corrected chi connectivity index (χ0v) is 16.0. The van der Waals surface area contributed by atoms with E-state index in [0.717, 1.165) is 24.3 Å². The molecule has 29 heavy (non-hydrogen) atoms. The summed E-state index contributed by atoms with van der Waals surface area (Å²) in [6, 6.07) is 9.77. The van der Waals surface area contributed by atoms with Crippen LogP contribution in [0, 0.1) is 0 Å². The number of hydrogen-bond donors (Lipinski definition) is 4. The second kappa shape index (κ2) is 7.77. The molecule has 0 amide bonds. The van der Waals surface area contributed by atoms with E-state index in [2.05, 4.69) is 4.99 Å². The Kier molecular flexibility index (Phi) is 5.96. The van der Waals surface area contributed by atoms with Crippen LogP contribution in [0.2, 0.25) is 0 Å². The maximum Gasteiger partial charge on any atom is 0.294 e. The first-order valence-electron chi connectivity index (χ1n) is 7.54. The number of aromatic hydroxyl groups is 2. The van der Waals surface area contributed by atoms with Gasteiger partial charge in [0.15, 0.2) is 0 Å². The first-order valence-corrected chi connectivity index (χ1v) is 10.4. The van der Waals surface area contributed by atoms with Crippen molar-refractivity contribution in [3.8, 4) is 11.5 Å². The lowest BCUT2D eigenvalue weighted by molar-refractivity contribution is 0.471. The summed E-state index contributed by atoms with van der Waals surface area (Å²) in [4.78, 5) is 2.79. The van der Waals surface area contributed by atoms with E-state index in [1.165, 1.54) is 18.3 Å². The smallest absolute Gasteiger partial charge is 0.294 e. The molecule has 0 fully saturated rings. The average Bonchev–Trinajstić information content (AvgIpc) is 2.58. The number of hydrogen-bond acceptors (Lipinski definition) is 7. The van der Waals surface area contributed by atoms with E-state index < -0.39 is 35.8 Å². The fourth-order valence-corrected chi connectivity index (χ4v) is 3.63. The lowest BCUT2D eigenvalue weighted by Gasteiger charge is -2.09. The molecule has 154 valence electrons. The molecular formula is C17H15NO9S2. The van der Waals surface area contributed by atoms with E-state index in [0.29, 0.717) is 5.56 Å². The first-order chi connectivity index (χ1) is 13.0. The summed E-state index contributed by atoms with van der Waals surface area (Å²) >= 11 is 0. The Hall–Kier alpha value is -3.03. The number of aliphatic imine (C=N–C) groups is 1. The topological polar surface area (TPSA) is 193 Å². The van der Waals surface area contributed by atoms with Gasteiger partial charge in [0, 0.05) is 23.2 Å². The van der Waals surface area contributed by atoms with Crippen LogP contribution in [0.15, 0.2) is 63.3 Å². The highest BCUT2D eigenvalue weighted by Crippen LogP contribution is 2.38. The third-order valence-electron chi connectivity index (χ3n) is 3.83. The van der Waals surface area contributed by atoms with Crippen LogP contribution in [-0.2, 0) is 20.2 Å². The quantitative estimate of drug-likeness (QED) is 0.347. The molecule has 10 nitrogen and oxygen atoms in total. The minimum absolute atomic E-state index is 0. The standard InChI is InChI=1S/C17H13NO8S2.H2O/c19-15-4-2-1-3-10(15)9-18-14-7-12(27(21,22)23)5-11-6-13(28(24,25)26)8-16(20)17(11)14;/h1-9,19-20H,(H,21,22,23)(H,24,25,26);1H2. The van der Waals surface area contributed by atoms with Gasteiger partial charge in [0.2, 0.25) is 0 Å². The van der Waals surface area contributed by atoms with Crippen LogP contribution < -0.4 is 0 Å². The molecule has 0 saturated carbocycles. The second-order valence-electron chi connectivity index (χ2n) is 5.75. The maximum absolute atomic E-state index is 11.6. The number of fused-ring (bicyclic) bond motifs is 1. The molecule has 0 atom stereocenters. The highest BCUT2D eigenvalue weighted by molar-refractivity contribution is 7.86. The van der Waals surface area contributed by atoms with Crippen LogP contribution in [0.3, 0.4) is 0 Å². The Morgan fingerprint density at radius 2 is 1.34 bits per heavy atom. The number of nitrogens with zero attached hydrogens (tertiary/aromatic N) is 1. The predicted molar refractivity (Wildman–Crippen MR) is 104 cm³/mol. The van der Waals surface area contributed by atoms with Gasteiger partial charge in [-0.1, -0.05) is 12.1 Å². The summed E-state index contributed by atoms with van der Waals surface area (Å²) in [5.41, 5.74) is 0.176. The minimum Gasteiger partial charge on any atom is -0.507 e. The van der Waals surface area contributed by atoms with Crippen molar-refractivity contribution in [2.75, 3.05) is 0 Å². The number of para-hydroxylation sites is 1. The zero-order valence-electron chi connectivity index (χ0n) is 14.4. The Morgan fingerprint density at radius 1 is 0.793 bits per heavy atom. The SMILES string of the molecule is O.O=S(=O)(O)c1cc(O)c2c(N=Cc3ccccc3O)cc(S(=O)(=O)O)cc2c1. The van der Waals surface area contributed by atoms with Gasteiger partial charge in [-0.15, -0.1) is 0 Å². The van der Waals surface area contributed by atoms with E-state index in [1.807, 2.05) is 0 Å². The Labute approximate surface area is 165 Å². The van der Waals surface area contributed by atoms with Crippen LogP contribution in [0.1, 0.15) is 5.56 Å². The van der Waals surface area contributed by atoms with Gasteiger partial charge in [-0.25, -0.2) is 0 Å². The van der Waals surface area contributed by atoms with E-state index >= 15 is 0 Å². The van der Waals surface area contributed by atoms with Gasteiger partial charge >= 0.3 is 0 Å². The van der Waals surface area contributed by atoms with Crippen molar-refractivity contribution in [2.24, 2.45) is 4.99 Å². The average molecular weight is 441 g/mol. The third-order valence-corrected chi connectivity index (χ3v) is 5.49. The van der Waals surface area contributed by atoms with Gasteiger partial charge in [-0.3, -0.25) is 14.1 Å². The predicted octanol–water partition coefficient (Wildman–Crippen LogP) is 1.67. The summed E-state index contributed by atoms with van der Waals surface area (Å²) in [6.45, 7) is 0. The molecule has 0 heterocycles. The molecule has 0 aliphatic rings. The molecule has 0 radical (unpaired) electrons. The van der Waals surface area contributed by atoms with E-state index in [1.54, 1.807) is 12.1 Å². The Balaban J connectivity index is 0.00000300. The fourth-order valence-electron chi connectivity index (χ4n) is 2.55. The van der Waals surface area contributed by atoms with Crippen molar-refractivity contribution in [2.45, 2.75) is 9.79 Å². The summed E-state index contributed by atoms with van der Waals surface area (Å²) in [5, 5.41) is 19.9. The van der Waals surface area contributed by atoms with Crippen molar-refractivity contribution in [1.82, 2.24) is 0 Å². The van der Waals surface area contributed by atoms with Crippen molar-refractivity contribution in [1.29, 1.82) is 0 Å². The van der Waals surface area contributed by atoms with Gasteiger partial charge in [0.25, 0.3) is 20.2 Å². The van der Waals surface area contributed by atoms with Crippen LogP contribution in [-0.4, -0.2) is 47.8 Å². The molecule has 0 aromatic heterocycles. The van der Waals surface area contributed by atoms with E-state index in [4.69, 9.17) is 0 Å². The number of rotatable bonds is 4. The molecule has 0 unspecified atom stereocenters. The largest absolute Gasteiger partial charge is 0.507 e. The number of phenols is 2. The number of benzene rings is 3. The van der Waals surface area contributed by atoms with Gasteiger partial charge < -0.3 is 15.7 Å². The van der Waals surface area contributed by atoms with Gasteiger partial charge in [0.05, 0.1) is 15.5 Å². The first kappa shape index (κ1) is 22.3. The highest BCUT2D eigenvalue weighted by atomic mass is 32.2. The van der Waals surface area contributed by atoms with Crippen molar-refractivity contribution in [3.63, 3.8) is 0 Å².